The van der Waals surface area contributed by atoms with Gasteiger partial charge in [-0.25, -0.2) is 17.6 Å². The summed E-state index contributed by atoms with van der Waals surface area (Å²) in [5, 5.41) is 2.87. The number of sulfone groups is 1. The summed E-state index contributed by atoms with van der Waals surface area (Å²) in [6.45, 7) is 4.50. The topological polar surface area (TPSA) is 92.8 Å². The Morgan fingerprint density at radius 3 is 2.60 bits per heavy atom. The van der Waals surface area contributed by atoms with Crippen molar-refractivity contribution in [3.63, 3.8) is 0 Å². The Morgan fingerprint density at radius 2 is 1.97 bits per heavy atom. The maximum Gasteiger partial charge on any atom is 0.341 e. The van der Waals surface area contributed by atoms with Crippen LogP contribution in [0.4, 0.5) is 9.39 Å². The lowest BCUT2D eigenvalue weighted by Gasteiger charge is -2.26. The zero-order chi connectivity index (χ0) is 21.9. The lowest BCUT2D eigenvalue weighted by Crippen LogP contribution is -2.30. The second kappa shape index (κ2) is 9.23. The molecule has 7 nitrogen and oxygen atoms in total. The summed E-state index contributed by atoms with van der Waals surface area (Å²) < 4.78 is 42.8. The highest BCUT2D eigenvalue weighted by Gasteiger charge is 2.30. The van der Waals surface area contributed by atoms with Gasteiger partial charge >= 0.3 is 5.97 Å². The molecule has 0 radical (unpaired) electrons. The SMILES string of the molecule is CCCN1CCc2c(sc(NC(=O)CS(=O)(=O)c3ccc(F)cc3)c2C(=O)OC)C1. The molecule has 1 aromatic heterocycles. The van der Waals surface area contributed by atoms with Crippen molar-refractivity contribution in [1.82, 2.24) is 4.90 Å². The average molecular weight is 455 g/mol. The van der Waals surface area contributed by atoms with E-state index in [0.717, 1.165) is 54.2 Å². The van der Waals surface area contributed by atoms with Gasteiger partial charge in [0.15, 0.2) is 9.84 Å². The standard InChI is InChI=1S/C20H23FN2O5S2/c1-3-9-23-10-8-15-16(11-23)29-19(18(15)20(25)28-2)22-17(24)12-30(26,27)14-6-4-13(21)5-7-14/h4-7H,3,8-12H2,1-2H3,(H,22,24). The molecule has 0 saturated carbocycles. The van der Waals surface area contributed by atoms with Gasteiger partial charge in [0.2, 0.25) is 5.91 Å². The summed E-state index contributed by atoms with van der Waals surface area (Å²) in [5.74, 6) is -2.71. The van der Waals surface area contributed by atoms with Crippen molar-refractivity contribution >= 4 is 38.1 Å². The van der Waals surface area contributed by atoms with Crippen molar-refractivity contribution in [3.05, 3.63) is 46.1 Å². The summed E-state index contributed by atoms with van der Waals surface area (Å²) in [6.07, 6.45) is 1.66. The number of hydrogen-bond acceptors (Lipinski definition) is 7. The number of fused-ring (bicyclic) bond motifs is 1. The van der Waals surface area contributed by atoms with Crippen molar-refractivity contribution < 1.29 is 27.1 Å². The molecule has 2 heterocycles. The molecule has 0 unspecified atom stereocenters. The number of thiophene rings is 1. The molecule has 162 valence electrons. The molecular weight excluding hydrogens is 431 g/mol. The molecule has 1 aliphatic heterocycles. The van der Waals surface area contributed by atoms with Crippen LogP contribution in [0.15, 0.2) is 29.2 Å². The minimum absolute atomic E-state index is 0.145. The van der Waals surface area contributed by atoms with Crippen LogP contribution in [0, 0.1) is 5.82 Å². The number of ether oxygens (including phenoxy) is 1. The van der Waals surface area contributed by atoms with Crippen LogP contribution in [-0.4, -0.2) is 51.1 Å². The molecule has 1 aliphatic rings. The third-order valence-corrected chi connectivity index (χ3v) is 7.58. The van der Waals surface area contributed by atoms with E-state index in [1.807, 2.05) is 0 Å². The van der Waals surface area contributed by atoms with Gasteiger partial charge in [-0.3, -0.25) is 9.69 Å². The minimum Gasteiger partial charge on any atom is -0.465 e. The second-order valence-electron chi connectivity index (χ2n) is 6.99. The second-order valence-corrected chi connectivity index (χ2v) is 10.1. The smallest absolute Gasteiger partial charge is 0.341 e. The van der Waals surface area contributed by atoms with Crippen LogP contribution in [0.1, 0.15) is 34.1 Å². The highest BCUT2D eigenvalue weighted by molar-refractivity contribution is 7.92. The number of esters is 1. The van der Waals surface area contributed by atoms with Crippen molar-refractivity contribution in [2.75, 3.05) is 31.3 Å². The molecule has 30 heavy (non-hydrogen) atoms. The Kier molecular flexibility index (Phi) is 6.89. The van der Waals surface area contributed by atoms with E-state index < -0.39 is 33.3 Å². The number of halogens is 1. The Hall–Kier alpha value is -2.30. The van der Waals surface area contributed by atoms with Crippen molar-refractivity contribution in [2.45, 2.75) is 31.2 Å². The van der Waals surface area contributed by atoms with Crippen LogP contribution in [0.25, 0.3) is 0 Å². The maximum atomic E-state index is 13.0. The number of hydrogen-bond donors (Lipinski definition) is 1. The number of benzene rings is 1. The van der Waals surface area contributed by atoms with Gasteiger partial charge in [-0.1, -0.05) is 6.92 Å². The Balaban J connectivity index is 1.82. The highest BCUT2D eigenvalue weighted by Crippen LogP contribution is 2.37. The van der Waals surface area contributed by atoms with E-state index >= 15 is 0 Å². The zero-order valence-electron chi connectivity index (χ0n) is 16.7. The Morgan fingerprint density at radius 1 is 1.27 bits per heavy atom. The van der Waals surface area contributed by atoms with Crippen molar-refractivity contribution in [3.8, 4) is 0 Å². The predicted molar refractivity (Wildman–Crippen MR) is 112 cm³/mol. The minimum atomic E-state index is -3.95. The summed E-state index contributed by atoms with van der Waals surface area (Å²) in [4.78, 5) is 27.9. The first kappa shape index (κ1) is 22.4. The lowest BCUT2D eigenvalue weighted by molar-refractivity contribution is -0.113. The van der Waals surface area contributed by atoms with Gasteiger partial charge in [0.05, 0.1) is 17.6 Å². The summed E-state index contributed by atoms with van der Waals surface area (Å²) in [5.41, 5.74) is 1.14. The molecule has 1 amide bonds. The number of nitrogens with zero attached hydrogens (tertiary/aromatic N) is 1. The molecule has 0 fully saturated rings. The summed E-state index contributed by atoms with van der Waals surface area (Å²) >= 11 is 1.27. The van der Waals surface area contributed by atoms with Gasteiger partial charge < -0.3 is 10.1 Å². The van der Waals surface area contributed by atoms with E-state index in [2.05, 4.69) is 17.1 Å². The third kappa shape index (κ3) is 4.88. The largest absolute Gasteiger partial charge is 0.465 e. The molecule has 0 bridgehead atoms. The van der Waals surface area contributed by atoms with Gasteiger partial charge in [-0.05, 0) is 49.2 Å². The highest BCUT2D eigenvalue weighted by atomic mass is 32.2. The van der Waals surface area contributed by atoms with Gasteiger partial charge in [-0.15, -0.1) is 11.3 Å². The van der Waals surface area contributed by atoms with Gasteiger partial charge in [0.25, 0.3) is 0 Å². The van der Waals surface area contributed by atoms with Crippen LogP contribution in [0.5, 0.6) is 0 Å². The van der Waals surface area contributed by atoms with Crippen molar-refractivity contribution in [1.29, 1.82) is 0 Å². The first-order valence-corrected chi connectivity index (χ1v) is 12.0. The number of carbonyl (C=O) groups is 2. The van der Waals surface area contributed by atoms with Gasteiger partial charge in [0, 0.05) is 18.0 Å². The third-order valence-electron chi connectivity index (χ3n) is 4.81. The lowest BCUT2D eigenvalue weighted by atomic mass is 10.0. The zero-order valence-corrected chi connectivity index (χ0v) is 18.4. The van der Waals surface area contributed by atoms with Crippen LogP contribution in [0.3, 0.4) is 0 Å². The molecule has 3 rings (SSSR count). The van der Waals surface area contributed by atoms with Crippen LogP contribution < -0.4 is 5.32 Å². The fourth-order valence-corrected chi connectivity index (χ4v) is 5.86. The van der Waals surface area contributed by atoms with E-state index in [1.54, 1.807) is 0 Å². The fraction of sp³-hybridized carbons (Fsp3) is 0.400. The quantitative estimate of drug-likeness (QED) is 0.511. The van der Waals surface area contributed by atoms with Crippen LogP contribution in [0.2, 0.25) is 0 Å². The molecule has 0 spiro atoms. The number of amides is 1. The normalized spacial score (nSPS) is 14.2. The molecule has 10 heteroatoms. The fourth-order valence-electron chi connectivity index (χ4n) is 3.43. The van der Waals surface area contributed by atoms with Crippen molar-refractivity contribution in [2.24, 2.45) is 0 Å². The first-order valence-electron chi connectivity index (χ1n) is 9.48. The molecular formula is C20H23FN2O5S2. The number of anilines is 1. The predicted octanol–water partition coefficient (Wildman–Crippen LogP) is 2.85. The molecule has 0 aliphatic carbocycles. The number of carbonyl (C=O) groups excluding carboxylic acids is 2. The summed E-state index contributed by atoms with van der Waals surface area (Å²) in [7, 11) is -2.68. The number of rotatable bonds is 7. The first-order chi connectivity index (χ1) is 14.2. The van der Waals surface area contributed by atoms with E-state index in [9.17, 15) is 22.4 Å². The van der Waals surface area contributed by atoms with E-state index in [-0.39, 0.29) is 4.90 Å². The number of methoxy groups -OCH3 is 1. The van der Waals surface area contributed by atoms with Crippen LogP contribution in [-0.2, 0) is 32.3 Å². The molecule has 1 aromatic carbocycles. The van der Waals surface area contributed by atoms with E-state index in [0.29, 0.717) is 23.5 Å². The maximum absolute atomic E-state index is 13.0. The molecule has 0 atom stereocenters. The van der Waals surface area contributed by atoms with E-state index in [1.165, 1.54) is 18.4 Å². The number of nitrogens with one attached hydrogen (secondary N) is 1. The average Bonchev–Trinajstić information content (AvgIpc) is 3.04. The molecule has 1 N–H and O–H groups in total. The van der Waals surface area contributed by atoms with E-state index in [4.69, 9.17) is 4.74 Å². The van der Waals surface area contributed by atoms with Crippen LogP contribution >= 0.6 is 11.3 Å². The van der Waals surface area contributed by atoms with Gasteiger partial charge in [-0.2, -0.15) is 0 Å². The van der Waals surface area contributed by atoms with Gasteiger partial charge in [0.1, 0.15) is 16.6 Å². The molecule has 2 aromatic rings. The summed E-state index contributed by atoms with van der Waals surface area (Å²) in [6, 6.07) is 4.28. The Bertz CT molecular complexity index is 1050. The monoisotopic (exact) mass is 454 g/mol. The molecule has 0 saturated heterocycles. The Labute approximate surface area is 178 Å².